The Bertz CT molecular complexity index is 881. The van der Waals surface area contributed by atoms with E-state index in [9.17, 15) is 0 Å². The minimum absolute atomic E-state index is 0.188. The van der Waals surface area contributed by atoms with Gasteiger partial charge >= 0.3 is 0 Å². The van der Waals surface area contributed by atoms with Crippen molar-refractivity contribution in [2.45, 2.75) is 148 Å². The lowest BCUT2D eigenvalue weighted by atomic mass is 9.44. The van der Waals surface area contributed by atoms with Crippen molar-refractivity contribution < 1.29 is 28.4 Å². The van der Waals surface area contributed by atoms with Crippen molar-refractivity contribution >= 4 is 0 Å². The van der Waals surface area contributed by atoms with Crippen LogP contribution in [0.3, 0.4) is 0 Å². The molecule has 43 heavy (non-hydrogen) atoms. The van der Waals surface area contributed by atoms with Gasteiger partial charge in [-0.3, -0.25) is 0 Å². The second-order valence-electron chi connectivity index (χ2n) is 16.3. The zero-order chi connectivity index (χ0) is 30.9. The standard InChI is InChI=1S/C37H66O6/c1-23(2)11-10-12-24(3)28-15-16-29-27-14-13-25-21-26(17-19-36(25,4)30(27)18-20-37(28,29)5)42-35-34(41-9)33(40-8)32(39-7)31(43-35)22-38-6/h23-35H,10-22H2,1-9H3/t24-,25?,26+,27+,28-,29+,30+,31-,32+,33+,34-,35-,36+,37-/m1/s1. The zero-order valence-corrected chi connectivity index (χ0v) is 29.1. The maximum atomic E-state index is 6.80. The van der Waals surface area contributed by atoms with E-state index in [0.717, 1.165) is 54.3 Å². The normalized spacial score (nSPS) is 47.2. The highest BCUT2D eigenvalue weighted by molar-refractivity contribution is 5.10. The molecule has 0 aromatic rings. The minimum atomic E-state index is -0.486. The van der Waals surface area contributed by atoms with Crippen molar-refractivity contribution in [1.82, 2.24) is 0 Å². The molecule has 1 aliphatic heterocycles. The van der Waals surface area contributed by atoms with Crippen molar-refractivity contribution in [2.75, 3.05) is 35.0 Å². The average molecular weight is 607 g/mol. The highest BCUT2D eigenvalue weighted by Gasteiger charge is 2.61. The van der Waals surface area contributed by atoms with Crippen LogP contribution in [0.2, 0.25) is 0 Å². The molecule has 14 atom stereocenters. The Morgan fingerprint density at radius 1 is 0.744 bits per heavy atom. The summed E-state index contributed by atoms with van der Waals surface area (Å²) in [6, 6.07) is 0. The second kappa shape index (κ2) is 14.3. The van der Waals surface area contributed by atoms with E-state index < -0.39 is 6.29 Å². The summed E-state index contributed by atoms with van der Waals surface area (Å²) in [6.07, 6.45) is 14.9. The maximum Gasteiger partial charge on any atom is 0.187 e. The van der Waals surface area contributed by atoms with E-state index in [1.165, 1.54) is 64.2 Å². The topological polar surface area (TPSA) is 55.4 Å². The largest absolute Gasteiger partial charge is 0.382 e. The van der Waals surface area contributed by atoms with Crippen LogP contribution in [0.1, 0.15) is 112 Å². The lowest BCUT2D eigenvalue weighted by Gasteiger charge is -2.61. The van der Waals surface area contributed by atoms with Crippen LogP contribution in [-0.4, -0.2) is 71.9 Å². The van der Waals surface area contributed by atoms with Gasteiger partial charge in [-0.15, -0.1) is 0 Å². The molecule has 5 fully saturated rings. The fourth-order valence-corrected chi connectivity index (χ4v) is 11.6. The van der Waals surface area contributed by atoms with E-state index in [1.54, 1.807) is 28.4 Å². The quantitative estimate of drug-likeness (QED) is 0.211. The molecule has 1 saturated heterocycles. The summed E-state index contributed by atoms with van der Waals surface area (Å²) in [5.74, 6) is 6.11. The molecule has 0 bridgehead atoms. The molecule has 4 saturated carbocycles. The van der Waals surface area contributed by atoms with E-state index in [-0.39, 0.29) is 30.5 Å². The summed E-state index contributed by atoms with van der Waals surface area (Å²) in [4.78, 5) is 0. The number of rotatable bonds is 12. The number of fused-ring (bicyclic) bond motifs is 5. The summed E-state index contributed by atoms with van der Waals surface area (Å²) in [5.41, 5.74) is 1.00. The molecule has 4 aliphatic carbocycles. The Kier molecular flexibility index (Phi) is 11.3. The summed E-state index contributed by atoms with van der Waals surface area (Å²) in [5, 5.41) is 0. The molecule has 5 aliphatic rings. The van der Waals surface area contributed by atoms with E-state index >= 15 is 0 Å². The number of ether oxygens (including phenoxy) is 6. The van der Waals surface area contributed by atoms with E-state index in [1.807, 2.05) is 0 Å². The molecule has 250 valence electrons. The molecule has 0 spiro atoms. The molecule has 0 aromatic carbocycles. The molecular formula is C37H66O6. The monoisotopic (exact) mass is 606 g/mol. The van der Waals surface area contributed by atoms with Crippen LogP contribution >= 0.6 is 0 Å². The van der Waals surface area contributed by atoms with Crippen molar-refractivity contribution in [2.24, 2.45) is 52.3 Å². The van der Waals surface area contributed by atoms with Gasteiger partial charge in [0.05, 0.1) is 12.7 Å². The number of methoxy groups -OCH3 is 4. The Labute approximate surface area is 264 Å². The van der Waals surface area contributed by atoms with E-state index in [0.29, 0.717) is 17.4 Å². The van der Waals surface area contributed by atoms with E-state index in [2.05, 4.69) is 34.6 Å². The molecule has 0 aromatic heterocycles. The Hall–Kier alpha value is -0.240. The minimum Gasteiger partial charge on any atom is -0.382 e. The van der Waals surface area contributed by atoms with Crippen LogP contribution in [0, 0.1) is 52.3 Å². The summed E-state index contributed by atoms with van der Waals surface area (Å²) in [6.45, 7) is 13.2. The average Bonchev–Trinajstić information content (AvgIpc) is 3.34. The Morgan fingerprint density at radius 2 is 1.44 bits per heavy atom. The summed E-state index contributed by atoms with van der Waals surface area (Å²) >= 11 is 0. The Balaban J connectivity index is 1.22. The van der Waals surface area contributed by atoms with Crippen LogP contribution < -0.4 is 0 Å². The number of hydrogen-bond acceptors (Lipinski definition) is 6. The van der Waals surface area contributed by atoms with Gasteiger partial charge in [0, 0.05) is 28.4 Å². The first-order valence-electron chi connectivity index (χ1n) is 18.0. The third-order valence-corrected chi connectivity index (χ3v) is 13.9. The first kappa shape index (κ1) is 34.1. The smallest absolute Gasteiger partial charge is 0.187 e. The summed E-state index contributed by atoms with van der Waals surface area (Å²) in [7, 11) is 6.83. The predicted molar refractivity (Wildman–Crippen MR) is 171 cm³/mol. The fourth-order valence-electron chi connectivity index (χ4n) is 11.6. The fraction of sp³-hybridized carbons (Fsp3) is 1.00. The van der Waals surface area contributed by atoms with Crippen molar-refractivity contribution in [3.63, 3.8) is 0 Å². The molecule has 0 amide bonds. The first-order chi connectivity index (χ1) is 20.6. The van der Waals surface area contributed by atoms with Gasteiger partial charge in [0.25, 0.3) is 0 Å². The first-order valence-corrected chi connectivity index (χ1v) is 18.0. The van der Waals surface area contributed by atoms with Crippen molar-refractivity contribution in [1.29, 1.82) is 0 Å². The Morgan fingerprint density at radius 3 is 2.12 bits per heavy atom. The molecule has 6 heteroatoms. The van der Waals surface area contributed by atoms with Gasteiger partial charge in [0.1, 0.15) is 24.4 Å². The van der Waals surface area contributed by atoms with Gasteiger partial charge in [-0.25, -0.2) is 0 Å². The van der Waals surface area contributed by atoms with Crippen LogP contribution in [0.25, 0.3) is 0 Å². The molecule has 1 unspecified atom stereocenters. The SMILES string of the molecule is COC[C@H]1O[C@@H](O[C@H]2CC[C@@]3(C)C(CC[C@H]4[C@@H]5CC[C@H]([C@H](C)CCCC(C)C)[C@@]5(C)CC[C@@H]43)C2)[C@H](OC)[C@@H](OC)[C@H]1OC. The third kappa shape index (κ3) is 6.50. The highest BCUT2D eigenvalue weighted by atomic mass is 16.7. The van der Waals surface area contributed by atoms with Gasteiger partial charge in [0.2, 0.25) is 0 Å². The predicted octanol–water partition coefficient (Wildman–Crippen LogP) is 7.91. The van der Waals surface area contributed by atoms with Crippen LogP contribution in [0.4, 0.5) is 0 Å². The lowest BCUT2D eigenvalue weighted by molar-refractivity contribution is -0.326. The van der Waals surface area contributed by atoms with Gasteiger partial charge in [-0.1, -0.05) is 53.9 Å². The van der Waals surface area contributed by atoms with Gasteiger partial charge < -0.3 is 28.4 Å². The number of hydrogen-bond donors (Lipinski definition) is 0. The molecular weight excluding hydrogens is 540 g/mol. The highest BCUT2D eigenvalue weighted by Crippen LogP contribution is 2.68. The van der Waals surface area contributed by atoms with Crippen molar-refractivity contribution in [3.05, 3.63) is 0 Å². The molecule has 0 N–H and O–H groups in total. The van der Waals surface area contributed by atoms with E-state index in [4.69, 9.17) is 28.4 Å². The van der Waals surface area contributed by atoms with Gasteiger partial charge in [-0.2, -0.15) is 0 Å². The maximum absolute atomic E-state index is 6.80. The van der Waals surface area contributed by atoms with Gasteiger partial charge in [0.15, 0.2) is 6.29 Å². The van der Waals surface area contributed by atoms with Crippen molar-refractivity contribution in [3.8, 4) is 0 Å². The van der Waals surface area contributed by atoms with Gasteiger partial charge in [-0.05, 0) is 110 Å². The summed E-state index contributed by atoms with van der Waals surface area (Å²) < 4.78 is 36.3. The third-order valence-electron chi connectivity index (χ3n) is 13.9. The molecule has 6 nitrogen and oxygen atoms in total. The van der Waals surface area contributed by atoms with Crippen LogP contribution in [0.5, 0.6) is 0 Å². The lowest BCUT2D eigenvalue weighted by Crippen LogP contribution is -2.62. The van der Waals surface area contributed by atoms with Crippen LogP contribution in [0.15, 0.2) is 0 Å². The molecule has 5 rings (SSSR count). The molecule has 1 heterocycles. The van der Waals surface area contributed by atoms with Crippen LogP contribution in [-0.2, 0) is 28.4 Å². The second-order valence-corrected chi connectivity index (χ2v) is 16.3. The zero-order valence-electron chi connectivity index (χ0n) is 29.1. The molecule has 0 radical (unpaired) electrons.